The maximum Gasteiger partial charge on any atom is 2.00 e. The van der Waals surface area contributed by atoms with E-state index in [0.717, 1.165) is 63.1 Å². The first-order valence-corrected chi connectivity index (χ1v) is 17.0. The smallest absolute Gasteiger partial charge is 0.496 e. The Kier molecular flexibility index (Phi) is 17.1. The van der Waals surface area contributed by atoms with Crippen LogP contribution in [0.5, 0.6) is 11.5 Å². The molecule has 2 saturated carbocycles. The summed E-state index contributed by atoms with van der Waals surface area (Å²) in [5.74, 6) is 2.12. The van der Waals surface area contributed by atoms with Gasteiger partial charge in [-0.2, -0.15) is 0 Å². The molecule has 3 aromatic carbocycles. The number of methoxy groups -OCH3 is 2. The molecule has 43 heavy (non-hydrogen) atoms. The third-order valence-corrected chi connectivity index (χ3v) is 12.3. The van der Waals surface area contributed by atoms with E-state index in [1.807, 2.05) is 18.2 Å². The molecule has 2 unspecified atom stereocenters. The zero-order valence-electron chi connectivity index (χ0n) is 27.5. The van der Waals surface area contributed by atoms with E-state index in [-0.39, 0.29) is 37.8 Å². The van der Waals surface area contributed by atoms with Gasteiger partial charge < -0.3 is 29.4 Å². The molecule has 2 fully saturated rings. The maximum absolute atomic E-state index is 11.6. The maximum atomic E-state index is 11.6. The molecule has 3 aromatic rings. The number of aliphatic hydroxyl groups excluding tert-OH is 1. The quantitative estimate of drug-likeness (QED) is 0.151. The van der Waals surface area contributed by atoms with Gasteiger partial charge in [-0.25, -0.2) is 0 Å². The molecule has 0 aromatic heterocycles. The molecule has 2 aliphatic rings. The molecule has 238 valence electrons. The number of hydrogen-bond donors (Lipinski definition) is 1. The fourth-order valence-corrected chi connectivity index (χ4v) is 10.8. The van der Waals surface area contributed by atoms with Crippen LogP contribution >= 0.6 is 23.9 Å². The van der Waals surface area contributed by atoms with Gasteiger partial charge in [0.1, 0.15) is 11.5 Å². The molecule has 5 rings (SSSR count). The van der Waals surface area contributed by atoms with E-state index in [1.165, 1.54) is 42.7 Å². The fraction of sp³-hybridized carbons (Fsp3) is 0.459. The molecular formula is C37H52BrFeO3P. The number of halogens is 1. The topological polar surface area (TPSA) is 38.7 Å². The van der Waals surface area contributed by atoms with Gasteiger partial charge in [-0.15, -0.1) is 0 Å². The molecule has 0 aliphatic heterocycles. The number of aryl methyl sites for hydroxylation is 4. The van der Waals surface area contributed by atoms with E-state index in [2.05, 4.69) is 74.0 Å². The Morgan fingerprint density at radius 3 is 1.53 bits per heavy atom. The second-order valence-corrected chi connectivity index (χ2v) is 14.8. The first-order chi connectivity index (χ1) is 19.3. The summed E-state index contributed by atoms with van der Waals surface area (Å²) in [6.45, 7) is 8.54. The standard InChI is InChI=1S/C30H36BrO3P.C5H10.2CH3.Fe/c1-18-14-22(15-19(2)29(18)33-5)35(23-16-20(3)30(34-6)21(4)17-23)27-13-9-11-25(27)28(32)24-10-7-8-12-26(24)31;1-2-4-5-3-1;;;/h7-8,10,12,14-17,25,27-28,32H,9,11,13H2,1-6H3;1-5H2;2*1H3;/q;;2*-1;+2/t25?,27?,28-;;;;/m0..../s1. The van der Waals surface area contributed by atoms with Crippen LogP contribution < -0.4 is 20.1 Å². The van der Waals surface area contributed by atoms with Crippen molar-refractivity contribution in [2.24, 2.45) is 5.92 Å². The zero-order valence-corrected chi connectivity index (χ0v) is 31.0. The van der Waals surface area contributed by atoms with E-state index in [9.17, 15) is 5.11 Å². The minimum atomic E-state index is -0.710. The second-order valence-electron chi connectivity index (χ2n) is 11.5. The van der Waals surface area contributed by atoms with E-state index in [4.69, 9.17) is 9.47 Å². The van der Waals surface area contributed by atoms with Crippen LogP contribution in [0.25, 0.3) is 0 Å². The minimum absolute atomic E-state index is 0. The molecular weight excluding hydrogens is 659 g/mol. The predicted molar refractivity (Wildman–Crippen MR) is 187 cm³/mol. The van der Waals surface area contributed by atoms with Gasteiger partial charge in [-0.1, -0.05) is 72.7 Å². The fourth-order valence-electron chi connectivity index (χ4n) is 6.80. The average Bonchev–Trinajstić information content (AvgIpc) is 3.65. The van der Waals surface area contributed by atoms with Gasteiger partial charge in [-0.3, -0.25) is 0 Å². The van der Waals surface area contributed by atoms with Crippen LogP contribution in [0.3, 0.4) is 0 Å². The summed E-state index contributed by atoms with van der Waals surface area (Å²) in [6.07, 6.45) is 10.3. The van der Waals surface area contributed by atoms with Crippen molar-refractivity contribution in [1.82, 2.24) is 0 Å². The van der Waals surface area contributed by atoms with Crippen molar-refractivity contribution in [3.63, 3.8) is 0 Å². The Labute approximate surface area is 282 Å². The van der Waals surface area contributed by atoms with E-state index >= 15 is 0 Å². The van der Waals surface area contributed by atoms with Crippen LogP contribution in [-0.4, -0.2) is 25.0 Å². The summed E-state index contributed by atoms with van der Waals surface area (Å²) in [6, 6.07) is 17.3. The Hall–Kier alpha value is -1.35. The Balaban J connectivity index is 0.00000105. The molecule has 6 heteroatoms. The number of benzene rings is 3. The third-order valence-electron chi connectivity index (χ3n) is 8.60. The van der Waals surface area contributed by atoms with Crippen molar-refractivity contribution >= 4 is 34.5 Å². The summed E-state index contributed by atoms with van der Waals surface area (Å²) >= 11 is 3.68. The third kappa shape index (κ3) is 9.34. The van der Waals surface area contributed by atoms with Crippen molar-refractivity contribution in [2.75, 3.05) is 14.2 Å². The van der Waals surface area contributed by atoms with Crippen LogP contribution in [0.15, 0.2) is 53.0 Å². The van der Waals surface area contributed by atoms with Crippen molar-refractivity contribution in [1.29, 1.82) is 0 Å². The molecule has 0 amide bonds. The normalized spacial score (nSPS) is 18.0. The Morgan fingerprint density at radius 1 is 0.721 bits per heavy atom. The monoisotopic (exact) mass is 710 g/mol. The predicted octanol–water partition coefficient (Wildman–Crippen LogP) is 9.88. The van der Waals surface area contributed by atoms with Gasteiger partial charge >= 0.3 is 17.1 Å². The summed E-state index contributed by atoms with van der Waals surface area (Å²) in [7, 11) is 2.78. The molecule has 3 atom stereocenters. The molecule has 0 spiro atoms. The second kappa shape index (κ2) is 18.6. The van der Waals surface area contributed by atoms with Crippen molar-refractivity contribution in [2.45, 2.75) is 90.8 Å². The number of hydrogen-bond acceptors (Lipinski definition) is 3. The first kappa shape index (κ1) is 39.7. The first-order valence-electron chi connectivity index (χ1n) is 14.8. The average molecular weight is 712 g/mol. The Morgan fingerprint density at radius 2 is 1.14 bits per heavy atom. The van der Waals surface area contributed by atoms with Crippen LogP contribution in [0.2, 0.25) is 0 Å². The van der Waals surface area contributed by atoms with Gasteiger partial charge in [0, 0.05) is 4.47 Å². The van der Waals surface area contributed by atoms with E-state index < -0.39 is 14.0 Å². The molecule has 0 saturated heterocycles. The summed E-state index contributed by atoms with van der Waals surface area (Å²) in [5.41, 5.74) is 6.03. The number of rotatable bonds is 7. The summed E-state index contributed by atoms with van der Waals surface area (Å²) in [4.78, 5) is 0. The molecule has 1 N–H and O–H groups in total. The molecule has 0 radical (unpaired) electrons. The largest absolute Gasteiger partial charge is 2.00 e. The van der Waals surface area contributed by atoms with Crippen LogP contribution in [-0.2, 0) is 17.1 Å². The molecule has 0 heterocycles. The van der Waals surface area contributed by atoms with Gasteiger partial charge in [0.25, 0.3) is 0 Å². The van der Waals surface area contributed by atoms with Crippen molar-refractivity contribution in [3.05, 3.63) is 95.7 Å². The van der Waals surface area contributed by atoms with Gasteiger partial charge in [0.15, 0.2) is 0 Å². The van der Waals surface area contributed by atoms with E-state index in [0.29, 0.717) is 5.66 Å². The summed E-state index contributed by atoms with van der Waals surface area (Å²) in [5, 5.41) is 14.4. The van der Waals surface area contributed by atoms with Gasteiger partial charge in [-0.05, 0) is 129 Å². The summed E-state index contributed by atoms with van der Waals surface area (Å²) < 4.78 is 12.4. The SMILES string of the molecule is C1CCCC1.COc1c(C)cc(P(c2cc(C)c(OC)c(C)c2)C2CCCC2[C@@H](O)c2ccccc2Br)cc1C.[CH3-].[CH3-].[Fe+2]. The molecule has 3 nitrogen and oxygen atoms in total. The van der Waals surface area contributed by atoms with Gasteiger partial charge in [0.05, 0.1) is 20.3 Å². The van der Waals surface area contributed by atoms with Crippen molar-refractivity contribution in [3.8, 4) is 11.5 Å². The van der Waals surface area contributed by atoms with Crippen LogP contribution in [0, 0.1) is 48.5 Å². The minimum Gasteiger partial charge on any atom is -0.496 e. The molecule has 0 bridgehead atoms. The van der Waals surface area contributed by atoms with Crippen LogP contribution in [0.4, 0.5) is 0 Å². The van der Waals surface area contributed by atoms with Gasteiger partial charge in [0.2, 0.25) is 0 Å². The van der Waals surface area contributed by atoms with Crippen LogP contribution in [0.1, 0.15) is 85.3 Å². The van der Waals surface area contributed by atoms with E-state index in [1.54, 1.807) is 14.2 Å². The zero-order chi connectivity index (χ0) is 28.8. The number of aliphatic hydroxyl groups is 1. The van der Waals surface area contributed by atoms with Crippen molar-refractivity contribution < 1.29 is 31.6 Å². The Bertz CT molecular complexity index is 1180. The number of ether oxygens (including phenoxy) is 2. The molecule has 2 aliphatic carbocycles.